The van der Waals surface area contributed by atoms with E-state index in [2.05, 4.69) is 28.1 Å². The monoisotopic (exact) mass is 678 g/mol. The Morgan fingerprint density at radius 3 is 2.22 bits per heavy atom. The molecule has 1 saturated heterocycles. The lowest BCUT2D eigenvalue weighted by molar-refractivity contribution is -0.123. The van der Waals surface area contributed by atoms with Crippen LogP contribution in [0.1, 0.15) is 46.5 Å². The number of carbonyl (C=O) groups is 4. The number of hydrogen-bond acceptors (Lipinski definition) is 7. The number of fused-ring (bicyclic) bond motifs is 6. The average Bonchev–Trinajstić information content (AvgIpc) is 3.76. The minimum Gasteiger partial charge on any atom is -0.497 e. The fourth-order valence-electron chi connectivity index (χ4n) is 7.15. The van der Waals surface area contributed by atoms with Crippen LogP contribution in [0.25, 0.3) is 22.2 Å². The summed E-state index contributed by atoms with van der Waals surface area (Å²) < 4.78 is 11.7. The van der Waals surface area contributed by atoms with Gasteiger partial charge in [-0.05, 0) is 91.8 Å². The van der Waals surface area contributed by atoms with E-state index in [1.807, 2.05) is 19.1 Å². The summed E-state index contributed by atoms with van der Waals surface area (Å²) >= 11 is 3.56. The largest absolute Gasteiger partial charge is 0.497 e. The lowest BCUT2D eigenvalue weighted by Gasteiger charge is -2.18. The van der Waals surface area contributed by atoms with Gasteiger partial charge in [0, 0.05) is 21.0 Å². The van der Waals surface area contributed by atoms with Crippen molar-refractivity contribution >= 4 is 56.1 Å². The molecule has 0 radical (unpaired) electrons. The number of Topliss-reactive ketones (excluding diaryl/α,β-unsaturated/α-hetero) is 1. The van der Waals surface area contributed by atoms with Gasteiger partial charge in [0.25, 0.3) is 0 Å². The molecule has 3 aliphatic rings. The summed E-state index contributed by atoms with van der Waals surface area (Å²) in [6.45, 7) is 3.57. The van der Waals surface area contributed by atoms with Gasteiger partial charge in [0.15, 0.2) is 6.10 Å². The zero-order valence-electron chi connectivity index (χ0n) is 25.5. The summed E-state index contributed by atoms with van der Waals surface area (Å²) in [7, 11) is 1.55. The second-order valence-corrected chi connectivity index (χ2v) is 13.0. The number of ketones is 1. The van der Waals surface area contributed by atoms with Gasteiger partial charge in [-0.1, -0.05) is 47.1 Å². The van der Waals surface area contributed by atoms with Crippen LogP contribution < -0.4 is 9.64 Å². The van der Waals surface area contributed by atoms with Gasteiger partial charge in [-0.3, -0.25) is 19.3 Å². The smallest absolute Gasteiger partial charge is 0.339 e. The first kappa shape index (κ1) is 30.0. The number of imide groups is 1. The van der Waals surface area contributed by atoms with Crippen molar-refractivity contribution < 1.29 is 28.7 Å². The maximum absolute atomic E-state index is 13.7. The number of methoxy groups -OCH3 is 1. The first-order valence-electron chi connectivity index (χ1n) is 15.4. The Kier molecular flexibility index (Phi) is 7.59. The predicted octanol–water partition coefficient (Wildman–Crippen LogP) is 6.98. The molecule has 8 nitrogen and oxygen atoms in total. The second kappa shape index (κ2) is 11.6. The van der Waals surface area contributed by atoms with Gasteiger partial charge in [-0.2, -0.15) is 0 Å². The lowest BCUT2D eigenvalue weighted by Crippen LogP contribution is -2.32. The van der Waals surface area contributed by atoms with Crippen LogP contribution in [-0.2, 0) is 20.7 Å². The van der Waals surface area contributed by atoms with Gasteiger partial charge >= 0.3 is 5.97 Å². The van der Waals surface area contributed by atoms with Gasteiger partial charge in [0.05, 0.1) is 41.4 Å². The number of pyridine rings is 1. The van der Waals surface area contributed by atoms with Crippen molar-refractivity contribution in [2.24, 2.45) is 23.7 Å². The van der Waals surface area contributed by atoms with Crippen molar-refractivity contribution in [2.75, 3.05) is 12.0 Å². The van der Waals surface area contributed by atoms with E-state index in [0.29, 0.717) is 45.6 Å². The van der Waals surface area contributed by atoms with Gasteiger partial charge in [0.1, 0.15) is 5.75 Å². The molecule has 2 bridgehead atoms. The standard InChI is InChI=1S/C37H31BrN2O6/c1-4-20-16-25(38)17-28-29(37(44)46-19(2)34(41)22-9-13-27(45-3)14-10-22)18-30(39-33(20)28)21-7-11-26(12-8-21)40-35(42)31-23-5-6-24(15-23)32(31)36(40)43/h5-14,16-19,23-24,31-32H,4,15H2,1-3H3. The fraction of sp³-hybridized carbons (Fsp3) is 0.270. The average molecular weight is 680 g/mol. The highest BCUT2D eigenvalue weighted by Crippen LogP contribution is 2.53. The molecule has 2 aliphatic carbocycles. The summed E-state index contributed by atoms with van der Waals surface area (Å²) in [6.07, 6.45) is 4.67. The molecule has 5 atom stereocenters. The highest BCUT2D eigenvalue weighted by atomic mass is 79.9. The van der Waals surface area contributed by atoms with Crippen LogP contribution >= 0.6 is 15.9 Å². The van der Waals surface area contributed by atoms with Crippen molar-refractivity contribution in [1.82, 2.24) is 4.98 Å². The quantitative estimate of drug-likeness (QED) is 0.0858. The fourth-order valence-corrected chi connectivity index (χ4v) is 7.66. The topological polar surface area (TPSA) is 103 Å². The third-order valence-corrected chi connectivity index (χ3v) is 9.93. The number of hydrogen-bond donors (Lipinski definition) is 0. The molecule has 0 spiro atoms. The Bertz CT molecular complexity index is 1920. The molecule has 7 rings (SSSR count). The molecule has 2 amide bonds. The summed E-state index contributed by atoms with van der Waals surface area (Å²) in [5.74, 6) is -0.910. The number of amides is 2. The molecule has 46 heavy (non-hydrogen) atoms. The van der Waals surface area contributed by atoms with Crippen molar-refractivity contribution in [2.45, 2.75) is 32.8 Å². The zero-order valence-corrected chi connectivity index (χ0v) is 27.1. The molecular weight excluding hydrogens is 648 g/mol. The van der Waals surface area contributed by atoms with Crippen LogP contribution in [0, 0.1) is 23.7 Å². The van der Waals surface area contributed by atoms with Crippen LogP contribution in [0.2, 0.25) is 0 Å². The van der Waals surface area contributed by atoms with Crippen LogP contribution in [0.3, 0.4) is 0 Å². The molecule has 2 heterocycles. The predicted molar refractivity (Wildman–Crippen MR) is 177 cm³/mol. The Hall–Kier alpha value is -4.63. The number of ether oxygens (including phenoxy) is 2. The minimum atomic E-state index is -1.04. The first-order valence-corrected chi connectivity index (χ1v) is 16.2. The summed E-state index contributed by atoms with van der Waals surface area (Å²) in [6, 6.07) is 19.2. The summed E-state index contributed by atoms with van der Waals surface area (Å²) in [5, 5.41) is 0.601. The van der Waals surface area contributed by atoms with E-state index in [9.17, 15) is 19.2 Å². The minimum absolute atomic E-state index is 0.134. The van der Waals surface area contributed by atoms with E-state index >= 15 is 0 Å². The number of allylic oxidation sites excluding steroid dienone is 2. The van der Waals surface area contributed by atoms with Crippen molar-refractivity contribution in [1.29, 1.82) is 0 Å². The van der Waals surface area contributed by atoms with Gasteiger partial charge < -0.3 is 9.47 Å². The number of nitrogens with zero attached hydrogens (tertiary/aromatic N) is 2. The van der Waals surface area contributed by atoms with Crippen LogP contribution in [0.5, 0.6) is 5.75 Å². The maximum Gasteiger partial charge on any atom is 0.339 e. The van der Waals surface area contributed by atoms with Crippen molar-refractivity contribution in [3.05, 3.63) is 100 Å². The Balaban J connectivity index is 1.21. The van der Waals surface area contributed by atoms with E-state index in [1.165, 1.54) is 4.90 Å². The first-order chi connectivity index (χ1) is 22.2. The van der Waals surface area contributed by atoms with Crippen molar-refractivity contribution in [3.63, 3.8) is 0 Å². The van der Waals surface area contributed by atoms with E-state index in [-0.39, 0.29) is 46.8 Å². The number of halogens is 1. The number of aryl methyl sites for hydroxylation is 1. The molecule has 1 aliphatic heterocycles. The normalized spacial score (nSPS) is 22.0. The van der Waals surface area contributed by atoms with E-state index in [4.69, 9.17) is 14.5 Å². The number of rotatable bonds is 8. The van der Waals surface area contributed by atoms with Crippen LogP contribution in [0.4, 0.5) is 5.69 Å². The molecule has 5 unspecified atom stereocenters. The molecule has 4 aromatic rings. The van der Waals surface area contributed by atoms with Gasteiger partial charge in [-0.25, -0.2) is 9.78 Å². The maximum atomic E-state index is 13.7. The number of aromatic nitrogens is 1. The van der Waals surface area contributed by atoms with Crippen molar-refractivity contribution in [3.8, 4) is 17.0 Å². The van der Waals surface area contributed by atoms with Crippen LogP contribution in [-0.4, -0.2) is 41.8 Å². The molecule has 0 N–H and O–H groups in total. The highest BCUT2D eigenvalue weighted by molar-refractivity contribution is 9.10. The van der Waals surface area contributed by atoms with E-state index < -0.39 is 12.1 Å². The summed E-state index contributed by atoms with van der Waals surface area (Å²) in [4.78, 5) is 59.8. The molecule has 232 valence electrons. The third kappa shape index (κ3) is 4.94. The number of anilines is 1. The molecule has 3 aromatic carbocycles. The molecular formula is C37H31BrN2O6. The number of carbonyl (C=O) groups excluding carboxylic acids is 4. The highest BCUT2D eigenvalue weighted by Gasteiger charge is 2.59. The summed E-state index contributed by atoms with van der Waals surface area (Å²) in [5.41, 5.74) is 4.01. The Labute approximate surface area is 274 Å². The SMILES string of the molecule is CCc1cc(Br)cc2c(C(=O)OC(C)C(=O)c3ccc(OC)cc3)cc(-c3ccc(N4C(=O)C5C6C=CC(C6)C5C4=O)cc3)nc12. The molecule has 1 aromatic heterocycles. The van der Waals surface area contributed by atoms with Gasteiger partial charge in [0.2, 0.25) is 17.6 Å². The van der Waals surface area contributed by atoms with E-state index in [1.54, 1.807) is 68.6 Å². The zero-order chi connectivity index (χ0) is 32.3. The lowest BCUT2D eigenvalue weighted by atomic mass is 9.85. The Morgan fingerprint density at radius 1 is 0.957 bits per heavy atom. The Morgan fingerprint density at radius 2 is 1.61 bits per heavy atom. The van der Waals surface area contributed by atoms with E-state index in [0.717, 1.165) is 16.5 Å². The number of esters is 1. The molecule has 2 fully saturated rings. The molecule has 1 saturated carbocycles. The van der Waals surface area contributed by atoms with Crippen LogP contribution in [0.15, 0.2) is 83.4 Å². The second-order valence-electron chi connectivity index (χ2n) is 12.1. The van der Waals surface area contributed by atoms with Gasteiger partial charge in [-0.15, -0.1) is 0 Å². The number of benzene rings is 3. The molecule has 9 heteroatoms. The third-order valence-electron chi connectivity index (χ3n) is 9.48.